The van der Waals surface area contributed by atoms with Crippen LogP contribution in [-0.4, -0.2) is 21.6 Å². The van der Waals surface area contributed by atoms with Crippen molar-refractivity contribution < 1.29 is 4.74 Å². The molecule has 0 amide bonds. The zero-order chi connectivity index (χ0) is 14.5. The topological polar surface area (TPSA) is 98.0 Å². The van der Waals surface area contributed by atoms with Crippen LogP contribution in [0.5, 0.6) is 6.01 Å². The number of hydrazine groups is 1. The van der Waals surface area contributed by atoms with E-state index in [0.717, 1.165) is 0 Å². The molecule has 0 fully saturated rings. The van der Waals surface area contributed by atoms with Gasteiger partial charge in [0, 0.05) is 15.7 Å². The summed E-state index contributed by atoms with van der Waals surface area (Å²) in [6.45, 7) is 2.25. The molecule has 0 bridgehead atoms. The molecule has 0 spiro atoms. The molecule has 0 aliphatic carbocycles. The summed E-state index contributed by atoms with van der Waals surface area (Å²) in [5.74, 6) is 5.74. The number of hydrogen-bond donors (Lipinski definition) is 3. The number of ether oxygens (including phenoxy) is 1. The zero-order valence-corrected chi connectivity index (χ0v) is 12.0. The van der Waals surface area contributed by atoms with Crippen molar-refractivity contribution in [3.05, 3.63) is 28.2 Å². The monoisotopic (exact) mass is 314 g/mol. The van der Waals surface area contributed by atoms with E-state index in [1.807, 2.05) is 6.92 Å². The fourth-order valence-electron chi connectivity index (χ4n) is 1.43. The van der Waals surface area contributed by atoms with Crippen molar-refractivity contribution in [3.8, 4) is 6.01 Å². The summed E-state index contributed by atoms with van der Waals surface area (Å²) in [6.07, 6.45) is 0. The standard InChI is InChI=1S/C11H12Cl2N6O/c1-2-20-11-17-9(16-10(18-11)19-14)15-8-4-6(12)3-7(13)5-8/h3-5H,2,14H2,1H3,(H2,15,16,17,18,19). The highest BCUT2D eigenvalue weighted by molar-refractivity contribution is 6.35. The Kier molecular flexibility index (Phi) is 4.78. The first-order valence-corrected chi connectivity index (χ1v) is 6.45. The smallest absolute Gasteiger partial charge is 0.323 e. The van der Waals surface area contributed by atoms with Gasteiger partial charge in [0.15, 0.2) is 0 Å². The summed E-state index contributed by atoms with van der Waals surface area (Å²) >= 11 is 11.8. The second kappa shape index (κ2) is 6.56. The highest BCUT2D eigenvalue weighted by Gasteiger charge is 2.07. The summed E-state index contributed by atoms with van der Waals surface area (Å²) in [5.41, 5.74) is 2.98. The molecule has 1 heterocycles. The number of nitrogens with one attached hydrogen (secondary N) is 2. The van der Waals surface area contributed by atoms with Gasteiger partial charge in [0.05, 0.1) is 6.61 Å². The normalized spacial score (nSPS) is 10.2. The van der Waals surface area contributed by atoms with Crippen molar-refractivity contribution in [2.45, 2.75) is 6.92 Å². The molecule has 4 N–H and O–H groups in total. The van der Waals surface area contributed by atoms with Crippen LogP contribution in [0, 0.1) is 0 Å². The molecule has 2 rings (SSSR count). The minimum Gasteiger partial charge on any atom is -0.464 e. The second-order valence-corrected chi connectivity index (χ2v) is 4.50. The molecule has 0 aliphatic rings. The predicted molar refractivity (Wildman–Crippen MR) is 78.6 cm³/mol. The van der Waals surface area contributed by atoms with E-state index in [1.165, 1.54) is 0 Å². The number of benzene rings is 1. The lowest BCUT2D eigenvalue weighted by atomic mass is 10.3. The Morgan fingerprint density at radius 2 is 1.75 bits per heavy atom. The van der Waals surface area contributed by atoms with Crippen molar-refractivity contribution in [1.82, 2.24) is 15.0 Å². The SMILES string of the molecule is CCOc1nc(NN)nc(Nc2cc(Cl)cc(Cl)c2)n1. The van der Waals surface area contributed by atoms with Crippen LogP contribution in [0.15, 0.2) is 18.2 Å². The molecule has 9 heteroatoms. The van der Waals surface area contributed by atoms with Gasteiger partial charge in [0.2, 0.25) is 11.9 Å². The highest BCUT2D eigenvalue weighted by Crippen LogP contribution is 2.24. The first-order chi connectivity index (χ1) is 9.60. The number of aromatic nitrogens is 3. The lowest BCUT2D eigenvalue weighted by Gasteiger charge is -2.09. The van der Waals surface area contributed by atoms with Crippen LogP contribution in [0.1, 0.15) is 6.92 Å². The van der Waals surface area contributed by atoms with Gasteiger partial charge in [-0.3, -0.25) is 5.43 Å². The van der Waals surface area contributed by atoms with E-state index >= 15 is 0 Å². The lowest BCUT2D eigenvalue weighted by molar-refractivity contribution is 0.312. The number of rotatable bonds is 5. The molecule has 2 aromatic rings. The molecule has 1 aromatic heterocycles. The number of nitrogens with zero attached hydrogens (tertiary/aromatic N) is 3. The van der Waals surface area contributed by atoms with Crippen LogP contribution in [0.4, 0.5) is 17.6 Å². The van der Waals surface area contributed by atoms with Gasteiger partial charge in [0.1, 0.15) is 0 Å². The predicted octanol–water partition coefficient (Wildman–Crippen LogP) is 2.61. The molecule has 0 radical (unpaired) electrons. The van der Waals surface area contributed by atoms with Gasteiger partial charge in [-0.1, -0.05) is 23.2 Å². The first-order valence-electron chi connectivity index (χ1n) is 5.69. The Labute approximate surface area is 125 Å². The van der Waals surface area contributed by atoms with E-state index in [1.54, 1.807) is 18.2 Å². The molecule has 0 saturated carbocycles. The second-order valence-electron chi connectivity index (χ2n) is 3.63. The van der Waals surface area contributed by atoms with Crippen LogP contribution >= 0.6 is 23.2 Å². The number of hydrogen-bond acceptors (Lipinski definition) is 7. The largest absolute Gasteiger partial charge is 0.464 e. The van der Waals surface area contributed by atoms with Gasteiger partial charge in [0.25, 0.3) is 0 Å². The third-order valence-electron chi connectivity index (χ3n) is 2.14. The maximum Gasteiger partial charge on any atom is 0.323 e. The Morgan fingerprint density at radius 3 is 2.35 bits per heavy atom. The summed E-state index contributed by atoms with van der Waals surface area (Å²) in [7, 11) is 0. The van der Waals surface area contributed by atoms with Crippen LogP contribution in [0.3, 0.4) is 0 Å². The maximum absolute atomic E-state index is 5.92. The van der Waals surface area contributed by atoms with E-state index in [-0.39, 0.29) is 17.9 Å². The Bertz CT molecular complexity index is 589. The average Bonchev–Trinajstić information content (AvgIpc) is 2.37. The summed E-state index contributed by atoms with van der Waals surface area (Å²) in [5, 5.41) is 3.95. The van der Waals surface area contributed by atoms with Gasteiger partial charge in [-0.25, -0.2) is 5.84 Å². The van der Waals surface area contributed by atoms with Crippen molar-refractivity contribution in [1.29, 1.82) is 0 Å². The van der Waals surface area contributed by atoms with Gasteiger partial charge < -0.3 is 10.1 Å². The van der Waals surface area contributed by atoms with Crippen LogP contribution in [-0.2, 0) is 0 Å². The number of halogens is 2. The quantitative estimate of drug-likeness (QED) is 0.576. The van der Waals surface area contributed by atoms with Crippen molar-refractivity contribution in [2.75, 3.05) is 17.3 Å². The molecule has 106 valence electrons. The molecular formula is C11H12Cl2N6O. The van der Waals surface area contributed by atoms with Crippen LogP contribution < -0.4 is 21.3 Å². The summed E-state index contributed by atoms with van der Waals surface area (Å²) < 4.78 is 5.22. The molecule has 0 atom stereocenters. The minimum atomic E-state index is 0.158. The van der Waals surface area contributed by atoms with Crippen molar-refractivity contribution in [2.24, 2.45) is 5.84 Å². The molecule has 0 unspecified atom stereocenters. The van der Waals surface area contributed by atoms with Gasteiger partial charge >= 0.3 is 6.01 Å². The highest BCUT2D eigenvalue weighted by atomic mass is 35.5. The fourth-order valence-corrected chi connectivity index (χ4v) is 1.95. The Balaban J connectivity index is 2.29. The van der Waals surface area contributed by atoms with Crippen molar-refractivity contribution >= 4 is 40.8 Å². The van der Waals surface area contributed by atoms with Gasteiger partial charge in [-0.2, -0.15) is 15.0 Å². The molecule has 20 heavy (non-hydrogen) atoms. The summed E-state index contributed by atoms with van der Waals surface area (Å²) in [4.78, 5) is 12.1. The third kappa shape index (κ3) is 3.83. The van der Waals surface area contributed by atoms with Crippen LogP contribution in [0.2, 0.25) is 10.0 Å². The molecule has 7 nitrogen and oxygen atoms in total. The van der Waals surface area contributed by atoms with Crippen LogP contribution in [0.25, 0.3) is 0 Å². The molecule has 1 aromatic carbocycles. The number of nitrogen functional groups attached to an aromatic ring is 1. The molecule has 0 saturated heterocycles. The third-order valence-corrected chi connectivity index (χ3v) is 2.57. The van der Waals surface area contributed by atoms with E-state index in [4.69, 9.17) is 33.8 Å². The number of anilines is 3. The minimum absolute atomic E-state index is 0.158. The molecule has 0 aliphatic heterocycles. The molecular weight excluding hydrogens is 303 g/mol. The summed E-state index contributed by atoms with van der Waals surface area (Å²) in [6, 6.07) is 5.16. The van der Waals surface area contributed by atoms with E-state index in [0.29, 0.717) is 22.3 Å². The lowest BCUT2D eigenvalue weighted by Crippen LogP contribution is -2.13. The average molecular weight is 315 g/mol. The van der Waals surface area contributed by atoms with Crippen molar-refractivity contribution in [3.63, 3.8) is 0 Å². The van der Waals surface area contributed by atoms with E-state index in [9.17, 15) is 0 Å². The van der Waals surface area contributed by atoms with Gasteiger partial charge in [-0.15, -0.1) is 0 Å². The van der Waals surface area contributed by atoms with Gasteiger partial charge in [-0.05, 0) is 25.1 Å². The fraction of sp³-hybridized carbons (Fsp3) is 0.182. The van der Waals surface area contributed by atoms with E-state index in [2.05, 4.69) is 25.7 Å². The number of nitrogens with two attached hydrogens (primary N) is 1. The zero-order valence-electron chi connectivity index (χ0n) is 10.5. The maximum atomic E-state index is 5.92. The Morgan fingerprint density at radius 1 is 1.10 bits per heavy atom. The first kappa shape index (κ1) is 14.6. The van der Waals surface area contributed by atoms with E-state index < -0.39 is 0 Å². The Hall–Kier alpha value is -1.83.